The maximum absolute atomic E-state index is 12.0. The molecular formula is C12CuF10. The predicted molar refractivity (Wildman–Crippen MR) is 50.1 cm³/mol. The molecule has 0 saturated carbocycles. The van der Waals surface area contributed by atoms with Crippen molar-refractivity contribution in [3.8, 4) is 0 Å². The van der Waals surface area contributed by atoms with Crippen LogP contribution < -0.4 is 0 Å². The monoisotopic (exact) mass is 397 g/mol. The van der Waals surface area contributed by atoms with Crippen molar-refractivity contribution in [1.29, 1.82) is 0 Å². The van der Waals surface area contributed by atoms with Crippen LogP contribution in [0.2, 0.25) is 0 Å². The molecule has 0 spiro atoms. The fourth-order valence-electron chi connectivity index (χ4n) is 0.990. The quantitative estimate of drug-likeness (QED) is 0.204. The molecule has 0 aliphatic rings. The third-order valence-electron chi connectivity index (χ3n) is 1.98. The molecule has 2 aromatic rings. The van der Waals surface area contributed by atoms with E-state index in [1.165, 1.54) is 0 Å². The Morgan fingerprint density at radius 2 is 0.522 bits per heavy atom. The summed E-state index contributed by atoms with van der Waals surface area (Å²) in [5, 5.41) is 0. The molecule has 23 heavy (non-hydrogen) atoms. The third kappa shape index (κ3) is 4.61. The molecule has 2 aromatic carbocycles. The zero-order chi connectivity index (χ0) is 17.2. The molecule has 0 bridgehead atoms. The van der Waals surface area contributed by atoms with Crippen LogP contribution in [0.15, 0.2) is 0 Å². The van der Waals surface area contributed by atoms with Crippen LogP contribution in [0.25, 0.3) is 0 Å². The molecule has 11 heteroatoms. The van der Waals surface area contributed by atoms with Crippen molar-refractivity contribution in [2.24, 2.45) is 0 Å². The molecule has 0 heterocycles. The van der Waals surface area contributed by atoms with Crippen molar-refractivity contribution in [2.45, 2.75) is 0 Å². The van der Waals surface area contributed by atoms with E-state index in [4.69, 9.17) is 0 Å². The Balaban J connectivity index is 0.000000403. The number of rotatable bonds is 0. The zero-order valence-electron chi connectivity index (χ0n) is 10.1. The largest absolute Gasteiger partial charge is 2.00 e. The van der Waals surface area contributed by atoms with Gasteiger partial charge in [0.25, 0.3) is 0 Å². The molecule has 0 nitrogen and oxygen atoms in total. The zero-order valence-corrected chi connectivity index (χ0v) is 11.0. The molecule has 0 N–H and O–H groups in total. The van der Waals surface area contributed by atoms with Gasteiger partial charge in [-0.1, -0.05) is 0 Å². The second-order valence-electron chi connectivity index (χ2n) is 3.39. The fourth-order valence-corrected chi connectivity index (χ4v) is 0.990. The molecule has 0 aliphatic carbocycles. The smallest absolute Gasteiger partial charge is 0.278 e. The summed E-state index contributed by atoms with van der Waals surface area (Å²) in [6.07, 6.45) is 0. The summed E-state index contributed by atoms with van der Waals surface area (Å²) in [6.45, 7) is 0. The number of halogens is 10. The van der Waals surface area contributed by atoms with Crippen LogP contribution >= 0.6 is 0 Å². The Hall–Kier alpha value is -1.74. The molecule has 0 aliphatic heterocycles. The van der Waals surface area contributed by atoms with E-state index in [9.17, 15) is 43.9 Å². The molecule has 0 aromatic heterocycles. The van der Waals surface area contributed by atoms with E-state index in [0.29, 0.717) is 0 Å². The van der Waals surface area contributed by atoms with Crippen molar-refractivity contribution in [3.63, 3.8) is 0 Å². The van der Waals surface area contributed by atoms with E-state index in [-0.39, 0.29) is 17.1 Å². The second kappa shape index (κ2) is 8.21. The van der Waals surface area contributed by atoms with Gasteiger partial charge in [0.15, 0.2) is 0 Å². The number of hydrogen-bond donors (Lipinski definition) is 0. The topological polar surface area (TPSA) is 0 Å². The van der Waals surface area contributed by atoms with Gasteiger partial charge in [-0.3, -0.25) is 17.6 Å². The van der Waals surface area contributed by atoms with Gasteiger partial charge in [-0.25, -0.2) is 26.3 Å². The van der Waals surface area contributed by atoms with Crippen molar-refractivity contribution in [3.05, 3.63) is 70.3 Å². The van der Waals surface area contributed by atoms with E-state index in [1.807, 2.05) is 0 Å². The normalized spacial score (nSPS) is 9.83. The summed E-state index contributed by atoms with van der Waals surface area (Å²) in [5.74, 6) is -20.1. The summed E-state index contributed by atoms with van der Waals surface area (Å²) < 4.78 is 120. The maximum Gasteiger partial charge on any atom is 2.00 e. The van der Waals surface area contributed by atoms with Crippen molar-refractivity contribution >= 4 is 0 Å². The van der Waals surface area contributed by atoms with Gasteiger partial charge in [0.1, 0.15) is 0 Å². The first-order valence-electron chi connectivity index (χ1n) is 4.89. The van der Waals surface area contributed by atoms with Crippen molar-refractivity contribution in [2.75, 3.05) is 0 Å². The summed E-state index contributed by atoms with van der Waals surface area (Å²) >= 11 is 0. The summed E-state index contributed by atoms with van der Waals surface area (Å²) in [5.41, 5.74) is 0. The van der Waals surface area contributed by atoms with Crippen LogP contribution in [-0.4, -0.2) is 0 Å². The molecule has 0 fully saturated rings. The van der Waals surface area contributed by atoms with E-state index < -0.39 is 58.2 Å². The minimum absolute atomic E-state index is 0. The molecule has 1 radical (unpaired) electrons. The first kappa shape index (κ1) is 21.3. The first-order chi connectivity index (χ1) is 10.1. The predicted octanol–water partition coefficient (Wildman–Crippen LogP) is 4.36. The summed E-state index contributed by atoms with van der Waals surface area (Å²) in [7, 11) is 0. The Morgan fingerprint density at radius 1 is 0.348 bits per heavy atom. The fraction of sp³-hybridized carbons (Fsp3) is 0. The van der Waals surface area contributed by atoms with Crippen molar-refractivity contribution in [1.82, 2.24) is 0 Å². The van der Waals surface area contributed by atoms with Gasteiger partial charge in [-0.05, 0) is 0 Å². The molecule has 0 unspecified atom stereocenters. The van der Waals surface area contributed by atoms with Crippen LogP contribution in [0.4, 0.5) is 43.9 Å². The molecule has 2 rings (SSSR count). The van der Waals surface area contributed by atoms with Crippen LogP contribution in [0.1, 0.15) is 0 Å². The van der Waals surface area contributed by atoms with E-state index in [2.05, 4.69) is 0 Å². The molecule has 0 atom stereocenters. The SMILES string of the molecule is Fc1[c-]c(F)c(F)c(F)c1F.Fc1[c-]c(F)c(F)c(F)c1F.[Cu+2]. The Morgan fingerprint density at radius 3 is 0.696 bits per heavy atom. The second-order valence-corrected chi connectivity index (χ2v) is 3.39. The van der Waals surface area contributed by atoms with Gasteiger partial charge in [0.05, 0.1) is 58.2 Å². The van der Waals surface area contributed by atoms with Crippen molar-refractivity contribution < 1.29 is 61.0 Å². The Kier molecular flexibility index (Phi) is 7.59. The van der Waals surface area contributed by atoms with Crippen LogP contribution in [0.5, 0.6) is 0 Å². The third-order valence-corrected chi connectivity index (χ3v) is 1.98. The molecular weight excluding hydrogens is 398 g/mol. The van der Waals surface area contributed by atoms with E-state index in [0.717, 1.165) is 12.1 Å². The maximum atomic E-state index is 12.0. The van der Waals surface area contributed by atoms with Gasteiger partial charge >= 0.3 is 17.1 Å². The van der Waals surface area contributed by atoms with Gasteiger partial charge in [0.2, 0.25) is 0 Å². The summed E-state index contributed by atoms with van der Waals surface area (Å²) in [4.78, 5) is 0. The van der Waals surface area contributed by atoms with Gasteiger partial charge < -0.3 is 0 Å². The van der Waals surface area contributed by atoms with Crippen LogP contribution in [-0.2, 0) is 17.1 Å². The van der Waals surface area contributed by atoms with Crippen LogP contribution in [0.3, 0.4) is 0 Å². The van der Waals surface area contributed by atoms with E-state index >= 15 is 0 Å². The summed E-state index contributed by atoms with van der Waals surface area (Å²) in [6, 6.07) is 2.05. The average molecular weight is 398 g/mol. The number of hydrogen-bond acceptors (Lipinski definition) is 0. The van der Waals surface area contributed by atoms with Gasteiger partial charge in [-0.15, -0.1) is 12.1 Å². The minimum Gasteiger partial charge on any atom is -0.278 e. The minimum atomic E-state index is -2.17. The number of benzene rings is 2. The standard InChI is InChI=1S/2C6F5.Cu/c2*7-2-1-3(8)5(10)6(11)4(2)9;/q2*-1;+2. The Bertz CT molecular complexity index is 602. The van der Waals surface area contributed by atoms with Crippen LogP contribution in [0, 0.1) is 70.3 Å². The van der Waals surface area contributed by atoms with Gasteiger partial charge in [-0.2, -0.15) is 0 Å². The molecule has 129 valence electrons. The van der Waals surface area contributed by atoms with Gasteiger partial charge in [0, 0.05) is 0 Å². The van der Waals surface area contributed by atoms with E-state index in [1.54, 1.807) is 0 Å². The average Bonchev–Trinajstić information content (AvgIpc) is 2.47. The Labute approximate surface area is 132 Å². The first-order valence-corrected chi connectivity index (χ1v) is 4.89. The molecule has 0 amide bonds. The molecule has 0 saturated heterocycles.